The van der Waals surface area contributed by atoms with Crippen molar-refractivity contribution in [1.82, 2.24) is 10.3 Å². The molecule has 0 saturated heterocycles. The molecule has 0 radical (unpaired) electrons. The molecular weight excluding hydrogens is 266 g/mol. The van der Waals surface area contributed by atoms with Gasteiger partial charge in [-0.25, -0.2) is 9.78 Å². The Kier molecular flexibility index (Phi) is 6.39. The number of carbonyl (C=O) groups is 2. The first-order chi connectivity index (χ1) is 9.19. The number of aliphatic carboxylic acids is 1. The zero-order valence-electron chi connectivity index (χ0n) is 10.1. The summed E-state index contributed by atoms with van der Waals surface area (Å²) in [4.78, 5) is 24.9. The van der Waals surface area contributed by atoms with Gasteiger partial charge in [-0.2, -0.15) is 17.0 Å². The van der Waals surface area contributed by atoms with Gasteiger partial charge in [0, 0.05) is 11.9 Å². The Morgan fingerprint density at radius 2 is 2.47 bits per heavy atom. The van der Waals surface area contributed by atoms with Crippen molar-refractivity contribution in [2.75, 3.05) is 5.75 Å². The second kappa shape index (κ2) is 8.11. The molecule has 6 nitrogen and oxygen atoms in total. The number of pyridine rings is 1. The van der Waals surface area contributed by atoms with Gasteiger partial charge in [-0.3, -0.25) is 4.79 Å². The normalized spacial score (nSPS) is 11.3. The van der Waals surface area contributed by atoms with Crippen LogP contribution >= 0.6 is 11.8 Å². The third-order valence-electron chi connectivity index (χ3n) is 2.37. The molecule has 0 spiro atoms. The second-order valence-electron chi connectivity index (χ2n) is 3.64. The number of nitrogens with one attached hydrogen (secondary N) is 1. The summed E-state index contributed by atoms with van der Waals surface area (Å²) >= 11 is 1.50. The maximum absolute atomic E-state index is 10.8. The van der Waals surface area contributed by atoms with E-state index in [4.69, 9.17) is 10.4 Å². The maximum atomic E-state index is 10.8. The Balaban J connectivity index is 2.40. The van der Waals surface area contributed by atoms with E-state index in [1.165, 1.54) is 11.8 Å². The Labute approximate surface area is 114 Å². The first-order valence-electron chi connectivity index (χ1n) is 5.53. The van der Waals surface area contributed by atoms with Gasteiger partial charge in [0.1, 0.15) is 17.8 Å². The van der Waals surface area contributed by atoms with Crippen molar-refractivity contribution in [2.24, 2.45) is 0 Å². The smallest absolute Gasteiger partial charge is 0.326 e. The van der Waals surface area contributed by atoms with Crippen LogP contribution in [0.3, 0.4) is 0 Å². The number of nitrogens with zero attached hydrogens (tertiary/aromatic N) is 2. The minimum atomic E-state index is -1.05. The van der Waals surface area contributed by atoms with Crippen molar-refractivity contribution in [3.05, 3.63) is 29.6 Å². The van der Waals surface area contributed by atoms with E-state index in [1.807, 2.05) is 12.1 Å². The summed E-state index contributed by atoms with van der Waals surface area (Å²) < 4.78 is 0. The van der Waals surface area contributed by atoms with Crippen LogP contribution in [-0.4, -0.2) is 34.3 Å². The fourth-order valence-electron chi connectivity index (χ4n) is 1.40. The lowest BCUT2D eigenvalue weighted by Gasteiger charge is -2.10. The van der Waals surface area contributed by atoms with Crippen molar-refractivity contribution < 1.29 is 14.7 Å². The molecule has 1 amide bonds. The number of hydrogen-bond donors (Lipinski definition) is 2. The number of thioether (sulfide) groups is 1. The monoisotopic (exact) mass is 279 g/mol. The minimum Gasteiger partial charge on any atom is -0.480 e. The highest BCUT2D eigenvalue weighted by molar-refractivity contribution is 7.98. The van der Waals surface area contributed by atoms with E-state index in [9.17, 15) is 9.59 Å². The summed E-state index contributed by atoms with van der Waals surface area (Å²) in [5.74, 6) is 0.105. The molecule has 100 valence electrons. The highest BCUT2D eigenvalue weighted by atomic mass is 32.2. The zero-order chi connectivity index (χ0) is 14.1. The summed E-state index contributed by atoms with van der Waals surface area (Å²) in [6.07, 6.45) is 2.28. The predicted octanol–water partition coefficient (Wildman–Crippen LogP) is 0.776. The van der Waals surface area contributed by atoms with E-state index in [0.717, 1.165) is 5.56 Å². The highest BCUT2D eigenvalue weighted by Crippen LogP contribution is 2.15. The predicted molar refractivity (Wildman–Crippen MR) is 70.4 cm³/mol. The van der Waals surface area contributed by atoms with Gasteiger partial charge in [0.05, 0.1) is 0 Å². The van der Waals surface area contributed by atoms with Crippen molar-refractivity contribution in [2.45, 2.75) is 18.2 Å². The van der Waals surface area contributed by atoms with Crippen LogP contribution in [0, 0.1) is 11.3 Å². The molecule has 0 fully saturated rings. The molecule has 1 atom stereocenters. The number of nitriles is 1. The molecule has 0 aliphatic carbocycles. The van der Waals surface area contributed by atoms with Crippen molar-refractivity contribution in [3.8, 4) is 6.07 Å². The first kappa shape index (κ1) is 15.0. The number of amides is 1. The average molecular weight is 279 g/mol. The van der Waals surface area contributed by atoms with E-state index in [1.54, 1.807) is 12.3 Å². The van der Waals surface area contributed by atoms with Crippen LogP contribution in [0.2, 0.25) is 0 Å². The molecule has 0 bridgehead atoms. The van der Waals surface area contributed by atoms with Crippen molar-refractivity contribution >= 4 is 24.1 Å². The number of carbonyl (C=O) groups excluding carboxylic acids is 1. The summed E-state index contributed by atoms with van der Waals surface area (Å²) in [7, 11) is 0. The maximum Gasteiger partial charge on any atom is 0.326 e. The fourth-order valence-corrected chi connectivity index (χ4v) is 2.40. The Morgan fingerprint density at radius 1 is 1.68 bits per heavy atom. The Bertz CT molecular complexity index is 487. The molecule has 7 heteroatoms. The summed E-state index contributed by atoms with van der Waals surface area (Å²) in [5, 5.41) is 19.9. The lowest BCUT2D eigenvalue weighted by Crippen LogP contribution is -2.36. The van der Waals surface area contributed by atoms with Gasteiger partial charge in [0.2, 0.25) is 6.41 Å². The lowest BCUT2D eigenvalue weighted by atomic mass is 10.2. The quantitative estimate of drug-likeness (QED) is 0.538. The van der Waals surface area contributed by atoms with E-state index in [-0.39, 0.29) is 0 Å². The third-order valence-corrected chi connectivity index (χ3v) is 3.41. The summed E-state index contributed by atoms with van der Waals surface area (Å²) in [6.45, 7) is 0. The van der Waals surface area contributed by atoms with E-state index in [2.05, 4.69) is 10.3 Å². The van der Waals surface area contributed by atoms with E-state index in [0.29, 0.717) is 30.0 Å². The lowest BCUT2D eigenvalue weighted by molar-refractivity contribution is -0.140. The Hall–Kier alpha value is -2.07. The van der Waals surface area contributed by atoms with Crippen LogP contribution in [0.5, 0.6) is 0 Å². The molecule has 0 saturated carbocycles. The number of rotatable bonds is 8. The zero-order valence-corrected chi connectivity index (χ0v) is 10.9. The Morgan fingerprint density at radius 3 is 3.11 bits per heavy atom. The van der Waals surface area contributed by atoms with Gasteiger partial charge >= 0.3 is 5.97 Å². The molecule has 0 aromatic carbocycles. The van der Waals surface area contributed by atoms with Gasteiger partial charge in [0.15, 0.2) is 0 Å². The van der Waals surface area contributed by atoms with Crippen molar-refractivity contribution in [3.63, 3.8) is 0 Å². The third kappa shape index (κ3) is 4.97. The number of carboxylic acids is 1. The summed E-state index contributed by atoms with van der Waals surface area (Å²) in [6, 6.07) is 4.71. The molecule has 0 aliphatic rings. The molecule has 19 heavy (non-hydrogen) atoms. The average Bonchev–Trinajstić information content (AvgIpc) is 2.42. The molecular formula is C12H13N3O3S. The molecule has 1 heterocycles. The molecule has 1 aromatic heterocycles. The van der Waals surface area contributed by atoms with Gasteiger partial charge in [-0.15, -0.1) is 0 Å². The van der Waals surface area contributed by atoms with Gasteiger partial charge < -0.3 is 10.4 Å². The van der Waals surface area contributed by atoms with Gasteiger partial charge in [0.25, 0.3) is 0 Å². The molecule has 0 aliphatic heterocycles. The SMILES string of the molecule is N#Cc1ncccc1CSCCC(NC=O)C(=O)O. The topological polar surface area (TPSA) is 103 Å². The van der Waals surface area contributed by atoms with Crippen LogP contribution in [0.15, 0.2) is 18.3 Å². The van der Waals surface area contributed by atoms with Crippen molar-refractivity contribution in [1.29, 1.82) is 5.26 Å². The number of aromatic nitrogens is 1. The van der Waals surface area contributed by atoms with Crippen LogP contribution in [0.25, 0.3) is 0 Å². The first-order valence-corrected chi connectivity index (χ1v) is 6.68. The van der Waals surface area contributed by atoms with Gasteiger partial charge in [-0.05, 0) is 23.8 Å². The molecule has 2 N–H and O–H groups in total. The van der Waals surface area contributed by atoms with Crippen LogP contribution in [0.1, 0.15) is 17.7 Å². The van der Waals surface area contributed by atoms with Crippen LogP contribution < -0.4 is 5.32 Å². The largest absolute Gasteiger partial charge is 0.480 e. The van der Waals surface area contributed by atoms with Gasteiger partial charge in [-0.1, -0.05) is 6.07 Å². The number of hydrogen-bond acceptors (Lipinski definition) is 5. The summed E-state index contributed by atoms with van der Waals surface area (Å²) in [5.41, 5.74) is 1.21. The standard InChI is InChI=1S/C12H13N3O3S/c13-6-11-9(2-1-4-14-11)7-19-5-3-10(12(17)18)15-8-16/h1-2,4,8,10H,3,5,7H2,(H,15,16)(H,17,18). The van der Waals surface area contributed by atoms with Crippen LogP contribution in [-0.2, 0) is 15.3 Å². The van der Waals surface area contributed by atoms with Crippen LogP contribution in [0.4, 0.5) is 0 Å². The molecule has 1 rings (SSSR count). The number of carboxylic acid groups (broad SMARTS) is 1. The van der Waals surface area contributed by atoms with E-state index >= 15 is 0 Å². The van der Waals surface area contributed by atoms with E-state index < -0.39 is 12.0 Å². The molecule has 1 unspecified atom stereocenters. The fraction of sp³-hybridized carbons (Fsp3) is 0.333. The highest BCUT2D eigenvalue weighted by Gasteiger charge is 2.15. The molecule has 1 aromatic rings. The minimum absolute atomic E-state index is 0.334. The second-order valence-corrected chi connectivity index (χ2v) is 4.74.